The zero-order valence-electron chi connectivity index (χ0n) is 21.8. The molecule has 5 rings (SSSR count). The average molecular weight is 519 g/mol. The zero-order valence-corrected chi connectivity index (χ0v) is 21.8. The number of nitrogens with zero attached hydrogens (tertiary/aromatic N) is 6. The van der Waals surface area contributed by atoms with Crippen LogP contribution in [-0.2, 0) is 20.9 Å². The number of aromatic nitrogens is 3. The number of carbonyl (C=O) groups excluding carboxylic acids is 2. The Hall–Kier alpha value is -3.76. The molecule has 38 heavy (non-hydrogen) atoms. The van der Waals surface area contributed by atoms with Gasteiger partial charge in [-0.2, -0.15) is 0 Å². The number of phenolic OH excluding ortho intramolecular Hbond substituents is 1. The summed E-state index contributed by atoms with van der Waals surface area (Å²) in [4.78, 5) is 35.5. The normalized spacial score (nSPS) is 17.0. The van der Waals surface area contributed by atoms with Gasteiger partial charge in [-0.3, -0.25) is 14.5 Å². The fraction of sp³-hybridized carbons (Fsp3) is 0.429. The number of amides is 1. The summed E-state index contributed by atoms with van der Waals surface area (Å²) in [6, 6.07) is 9.24. The number of aromatic hydroxyl groups is 1. The first-order valence-electron chi connectivity index (χ1n) is 13.2. The molecule has 1 aromatic carbocycles. The number of ketones is 1. The quantitative estimate of drug-likeness (QED) is 0.454. The Kier molecular flexibility index (Phi) is 8.00. The minimum Gasteiger partial charge on any atom is -0.507 e. The molecule has 2 aliphatic rings. The molecule has 0 spiro atoms. The van der Waals surface area contributed by atoms with Gasteiger partial charge in [0.25, 0.3) is 0 Å². The summed E-state index contributed by atoms with van der Waals surface area (Å²) in [5.41, 5.74) is 2.62. The third kappa shape index (κ3) is 5.87. The van der Waals surface area contributed by atoms with Crippen molar-refractivity contribution in [1.29, 1.82) is 0 Å². The number of rotatable bonds is 8. The summed E-state index contributed by atoms with van der Waals surface area (Å²) >= 11 is 0. The number of carbonyl (C=O) groups is 2. The molecule has 0 atom stereocenters. The highest BCUT2D eigenvalue weighted by Gasteiger charge is 2.23. The van der Waals surface area contributed by atoms with Gasteiger partial charge in [0, 0.05) is 64.9 Å². The van der Waals surface area contributed by atoms with Crippen molar-refractivity contribution in [2.45, 2.75) is 26.3 Å². The lowest BCUT2D eigenvalue weighted by atomic mass is 10.1. The Balaban J connectivity index is 1.30. The van der Waals surface area contributed by atoms with Crippen molar-refractivity contribution in [2.75, 3.05) is 57.4 Å². The van der Waals surface area contributed by atoms with E-state index in [0.29, 0.717) is 37.7 Å². The van der Waals surface area contributed by atoms with Crippen molar-refractivity contribution in [2.24, 2.45) is 0 Å². The zero-order chi connectivity index (χ0) is 26.5. The minimum absolute atomic E-state index is 0.00885. The fourth-order valence-corrected chi connectivity index (χ4v) is 4.98. The number of hydrogen-bond donors (Lipinski definition) is 1. The van der Waals surface area contributed by atoms with Crippen molar-refractivity contribution in [3.8, 4) is 17.1 Å². The van der Waals surface area contributed by atoms with Gasteiger partial charge in [0.05, 0.1) is 18.8 Å². The second kappa shape index (κ2) is 11.7. The van der Waals surface area contributed by atoms with E-state index in [4.69, 9.17) is 14.8 Å². The van der Waals surface area contributed by atoms with Crippen molar-refractivity contribution >= 4 is 23.0 Å². The second-order valence-corrected chi connectivity index (χ2v) is 9.68. The predicted molar refractivity (Wildman–Crippen MR) is 144 cm³/mol. The van der Waals surface area contributed by atoms with E-state index in [-0.39, 0.29) is 30.3 Å². The summed E-state index contributed by atoms with van der Waals surface area (Å²) in [5.74, 6) is 1.48. The smallest absolute Gasteiger partial charge is 0.223 e. The van der Waals surface area contributed by atoms with Crippen LogP contribution in [0.4, 0.5) is 5.82 Å². The van der Waals surface area contributed by atoms with Gasteiger partial charge < -0.3 is 19.6 Å². The lowest BCUT2D eigenvalue weighted by Crippen LogP contribution is -2.48. The number of phenols is 1. The van der Waals surface area contributed by atoms with Crippen LogP contribution in [0.3, 0.4) is 0 Å². The minimum atomic E-state index is -0.00885. The highest BCUT2D eigenvalue weighted by atomic mass is 16.5. The number of anilines is 1. The van der Waals surface area contributed by atoms with E-state index >= 15 is 0 Å². The molecule has 200 valence electrons. The van der Waals surface area contributed by atoms with Crippen molar-refractivity contribution in [3.05, 3.63) is 54.2 Å². The molecule has 4 heterocycles. The Bertz CT molecular complexity index is 1320. The monoisotopic (exact) mass is 518 g/mol. The Morgan fingerprint density at radius 1 is 1.05 bits per heavy atom. The molecule has 1 amide bonds. The second-order valence-electron chi connectivity index (χ2n) is 9.68. The van der Waals surface area contributed by atoms with Crippen LogP contribution in [0.5, 0.6) is 5.75 Å². The van der Waals surface area contributed by atoms with Gasteiger partial charge in [0.1, 0.15) is 11.3 Å². The van der Waals surface area contributed by atoms with Crippen LogP contribution in [0.1, 0.15) is 25.3 Å². The third-order valence-electron chi connectivity index (χ3n) is 7.02. The van der Waals surface area contributed by atoms with Crippen molar-refractivity contribution in [1.82, 2.24) is 24.4 Å². The van der Waals surface area contributed by atoms with Gasteiger partial charge in [-0.15, -0.1) is 5.10 Å². The molecular weight excluding hydrogens is 484 g/mol. The Morgan fingerprint density at radius 2 is 1.82 bits per heavy atom. The van der Waals surface area contributed by atoms with Gasteiger partial charge >= 0.3 is 0 Å². The van der Waals surface area contributed by atoms with Crippen LogP contribution in [-0.4, -0.2) is 93.7 Å². The maximum absolute atomic E-state index is 12.5. The van der Waals surface area contributed by atoms with Crippen LogP contribution < -0.4 is 4.90 Å². The van der Waals surface area contributed by atoms with Gasteiger partial charge in [0.15, 0.2) is 17.4 Å². The number of hydrogen-bond acceptors (Lipinski definition) is 8. The first kappa shape index (κ1) is 25.9. The molecule has 2 aromatic heterocycles. The van der Waals surface area contributed by atoms with E-state index in [2.05, 4.69) is 15.9 Å². The van der Waals surface area contributed by atoms with Gasteiger partial charge in [-0.25, -0.2) is 9.50 Å². The number of piperazine rings is 1. The van der Waals surface area contributed by atoms with Crippen LogP contribution >= 0.6 is 0 Å². The van der Waals surface area contributed by atoms with Crippen LogP contribution in [0.2, 0.25) is 0 Å². The van der Waals surface area contributed by atoms with E-state index in [1.54, 1.807) is 25.1 Å². The van der Waals surface area contributed by atoms with Crippen molar-refractivity contribution < 1.29 is 19.4 Å². The molecule has 3 aromatic rings. The number of fused-ring (bicyclic) bond motifs is 1. The number of benzene rings is 1. The van der Waals surface area contributed by atoms with Crippen LogP contribution in [0.25, 0.3) is 16.9 Å². The van der Waals surface area contributed by atoms with E-state index in [0.717, 1.165) is 49.6 Å². The number of morpholine rings is 1. The summed E-state index contributed by atoms with van der Waals surface area (Å²) in [7, 11) is 0. The number of ether oxygens (including phenoxy) is 1. The molecule has 2 aliphatic heterocycles. The molecule has 10 heteroatoms. The summed E-state index contributed by atoms with van der Waals surface area (Å²) in [6.45, 7) is 8.14. The first-order chi connectivity index (χ1) is 18.5. The Morgan fingerprint density at radius 3 is 2.55 bits per heavy atom. The van der Waals surface area contributed by atoms with Gasteiger partial charge in [-0.05, 0) is 36.8 Å². The average Bonchev–Trinajstić information content (AvgIpc) is 3.35. The molecule has 0 aliphatic carbocycles. The van der Waals surface area contributed by atoms with E-state index in [9.17, 15) is 14.7 Å². The molecule has 0 radical (unpaired) electrons. The highest BCUT2D eigenvalue weighted by Crippen LogP contribution is 2.30. The van der Waals surface area contributed by atoms with Crippen molar-refractivity contribution in [3.63, 3.8) is 0 Å². The SMILES string of the molecule is C/C=C\C(=O)CCC(=O)N1CCN(Cc2cc3c(N4CCOCC4)nc(-c4ccccc4O)nn3c2)CC1. The highest BCUT2D eigenvalue weighted by molar-refractivity contribution is 5.92. The topological polar surface area (TPSA) is 104 Å². The summed E-state index contributed by atoms with van der Waals surface area (Å²) in [6.07, 6.45) is 5.77. The Labute approximate surface area is 222 Å². The molecule has 1 N–H and O–H groups in total. The molecule has 0 saturated carbocycles. The van der Waals surface area contributed by atoms with Gasteiger partial charge in [-0.1, -0.05) is 18.2 Å². The standard InChI is InChI=1S/C28H34N6O4/c1-2-5-22(35)8-9-26(37)32-12-10-31(11-13-32)19-21-18-24-28(33-14-16-38-17-15-33)29-27(30-34(24)20-21)23-6-3-4-7-25(23)36/h2-7,18,20,36H,8-17,19H2,1H3/b5-2-. The third-order valence-corrected chi connectivity index (χ3v) is 7.02. The maximum Gasteiger partial charge on any atom is 0.223 e. The summed E-state index contributed by atoms with van der Waals surface area (Å²) in [5, 5.41) is 15.2. The fourth-order valence-electron chi connectivity index (χ4n) is 4.98. The molecule has 2 fully saturated rings. The predicted octanol–water partition coefficient (Wildman–Crippen LogP) is 2.51. The molecular formula is C28H34N6O4. The molecule has 0 bridgehead atoms. The first-order valence-corrected chi connectivity index (χ1v) is 13.2. The largest absolute Gasteiger partial charge is 0.507 e. The summed E-state index contributed by atoms with van der Waals surface area (Å²) < 4.78 is 7.41. The van der Waals surface area contributed by atoms with E-state index in [1.807, 2.05) is 27.7 Å². The van der Waals surface area contributed by atoms with E-state index < -0.39 is 0 Å². The molecule has 2 saturated heterocycles. The lowest BCUT2D eigenvalue weighted by Gasteiger charge is -2.34. The van der Waals surface area contributed by atoms with E-state index in [1.165, 1.54) is 6.08 Å². The van der Waals surface area contributed by atoms with Gasteiger partial charge in [0.2, 0.25) is 5.91 Å². The lowest BCUT2D eigenvalue weighted by molar-refractivity contribution is -0.134. The van der Waals surface area contributed by atoms with Crippen LogP contribution in [0.15, 0.2) is 48.7 Å². The molecule has 0 unspecified atom stereocenters. The maximum atomic E-state index is 12.5. The van der Waals surface area contributed by atoms with Crippen LogP contribution in [0, 0.1) is 0 Å². The number of para-hydroxylation sites is 1. The molecule has 10 nitrogen and oxygen atoms in total. The number of allylic oxidation sites excluding steroid dienone is 2.